The number of nitrogens with zero attached hydrogens (tertiary/aromatic N) is 3. The molecule has 0 radical (unpaired) electrons. The van der Waals surface area contributed by atoms with Gasteiger partial charge in [0.2, 0.25) is 11.8 Å². The first-order chi connectivity index (χ1) is 13.9. The van der Waals surface area contributed by atoms with Crippen molar-refractivity contribution in [1.29, 1.82) is 0 Å². The molecule has 4 fully saturated rings. The monoisotopic (exact) mass is 398 g/mol. The number of aromatic nitrogens is 2. The van der Waals surface area contributed by atoms with Crippen molar-refractivity contribution in [2.75, 3.05) is 11.4 Å². The highest BCUT2D eigenvalue weighted by atomic mass is 16.2. The number of aryl methyl sites for hydroxylation is 2. The fourth-order valence-corrected chi connectivity index (χ4v) is 7.19. The topological polar surface area (TPSA) is 67.2 Å². The lowest BCUT2D eigenvalue weighted by atomic mass is 9.48. The number of amides is 2. The van der Waals surface area contributed by atoms with Crippen LogP contribution >= 0.6 is 0 Å². The van der Waals surface area contributed by atoms with Gasteiger partial charge >= 0.3 is 0 Å². The second kappa shape index (κ2) is 7.13. The average molecular weight is 399 g/mol. The first kappa shape index (κ1) is 19.1. The molecule has 1 unspecified atom stereocenters. The lowest BCUT2D eigenvalue weighted by Crippen LogP contribution is -2.55. The smallest absolute Gasteiger partial charge is 0.229 e. The number of hydrogen-bond acceptors (Lipinski definition) is 3. The number of fused-ring (bicyclic) bond motifs is 1. The Morgan fingerprint density at radius 1 is 1.24 bits per heavy atom. The normalized spacial score (nSPS) is 33.7. The Bertz CT molecular complexity index is 779. The molecule has 29 heavy (non-hydrogen) atoms. The Hall–Kier alpha value is -1.85. The molecule has 0 aromatic carbocycles. The van der Waals surface area contributed by atoms with Gasteiger partial charge in [0.15, 0.2) is 0 Å². The van der Waals surface area contributed by atoms with Gasteiger partial charge in [-0.05, 0) is 82.0 Å². The van der Waals surface area contributed by atoms with Crippen LogP contribution in [0.25, 0.3) is 0 Å². The summed E-state index contributed by atoms with van der Waals surface area (Å²) in [5.74, 6) is 3.86. The van der Waals surface area contributed by atoms with E-state index in [0.717, 1.165) is 29.3 Å². The van der Waals surface area contributed by atoms with Crippen molar-refractivity contribution in [3.63, 3.8) is 0 Å². The van der Waals surface area contributed by atoms with Gasteiger partial charge in [-0.15, -0.1) is 0 Å². The lowest BCUT2D eigenvalue weighted by Gasteiger charge is -2.59. The first-order valence-corrected chi connectivity index (χ1v) is 11.6. The van der Waals surface area contributed by atoms with Crippen LogP contribution in [0.15, 0.2) is 6.07 Å². The summed E-state index contributed by atoms with van der Waals surface area (Å²) in [6, 6.07) is 2.23. The van der Waals surface area contributed by atoms with Gasteiger partial charge in [-0.2, -0.15) is 5.10 Å². The third-order valence-corrected chi connectivity index (χ3v) is 8.16. The number of hydrogen-bond donors (Lipinski definition) is 1. The molecular formula is C23H34N4O2. The van der Waals surface area contributed by atoms with E-state index in [4.69, 9.17) is 0 Å². The van der Waals surface area contributed by atoms with Gasteiger partial charge in [-0.1, -0.05) is 0 Å². The van der Waals surface area contributed by atoms with E-state index >= 15 is 0 Å². The van der Waals surface area contributed by atoms with Crippen LogP contribution in [0.3, 0.4) is 0 Å². The van der Waals surface area contributed by atoms with Gasteiger partial charge in [0, 0.05) is 31.5 Å². The summed E-state index contributed by atoms with van der Waals surface area (Å²) < 4.78 is 1.91. The van der Waals surface area contributed by atoms with Crippen LogP contribution in [0, 0.1) is 30.1 Å². The Labute approximate surface area is 173 Å². The molecule has 1 aliphatic heterocycles. The van der Waals surface area contributed by atoms with Crippen LogP contribution in [0.2, 0.25) is 0 Å². The average Bonchev–Trinajstić information content (AvgIpc) is 3.03. The van der Waals surface area contributed by atoms with Crippen molar-refractivity contribution in [2.24, 2.45) is 23.2 Å². The van der Waals surface area contributed by atoms with E-state index in [9.17, 15) is 9.59 Å². The molecule has 4 bridgehead atoms. The fourth-order valence-electron chi connectivity index (χ4n) is 7.19. The molecule has 4 aliphatic carbocycles. The molecule has 4 saturated carbocycles. The summed E-state index contributed by atoms with van der Waals surface area (Å²) in [5, 5.41) is 7.80. The van der Waals surface area contributed by atoms with Crippen LogP contribution in [0.5, 0.6) is 0 Å². The minimum atomic E-state index is 0.139. The molecule has 0 saturated heterocycles. The van der Waals surface area contributed by atoms with Crippen LogP contribution in [0.1, 0.15) is 70.4 Å². The summed E-state index contributed by atoms with van der Waals surface area (Å²) in [5.41, 5.74) is 1.28. The number of rotatable bonds is 6. The zero-order chi connectivity index (χ0) is 20.2. The highest BCUT2D eigenvalue weighted by Gasteiger charge is 2.53. The molecular weight excluding hydrogens is 364 g/mol. The maximum Gasteiger partial charge on any atom is 0.229 e. The maximum atomic E-state index is 12.7. The largest absolute Gasteiger partial charge is 0.353 e. The quantitative estimate of drug-likeness (QED) is 0.798. The van der Waals surface area contributed by atoms with Crippen molar-refractivity contribution in [2.45, 2.75) is 84.2 Å². The van der Waals surface area contributed by atoms with E-state index in [2.05, 4.69) is 17.3 Å². The summed E-state index contributed by atoms with van der Waals surface area (Å²) in [6.07, 6.45) is 9.89. The zero-order valence-electron chi connectivity index (χ0n) is 17.8. The van der Waals surface area contributed by atoms with Crippen LogP contribution < -0.4 is 10.2 Å². The molecule has 2 heterocycles. The molecule has 1 aromatic rings. The van der Waals surface area contributed by atoms with Gasteiger partial charge in [0.25, 0.3) is 0 Å². The summed E-state index contributed by atoms with van der Waals surface area (Å²) in [7, 11) is 0. The summed E-state index contributed by atoms with van der Waals surface area (Å²) in [4.78, 5) is 26.9. The van der Waals surface area contributed by atoms with Gasteiger partial charge in [-0.3, -0.25) is 14.5 Å². The van der Waals surface area contributed by atoms with Crippen molar-refractivity contribution in [1.82, 2.24) is 15.1 Å². The third-order valence-electron chi connectivity index (χ3n) is 8.16. The SMILES string of the molecule is Cc1cc2n(n1)CCC(=O)N2CCCC(=O)NC(C)C12CC3CC(CC(C3)C1)C2. The summed E-state index contributed by atoms with van der Waals surface area (Å²) in [6.45, 7) is 5.43. The van der Waals surface area contributed by atoms with E-state index in [-0.39, 0.29) is 17.9 Å². The van der Waals surface area contributed by atoms with Crippen LogP contribution in [0.4, 0.5) is 5.82 Å². The second-order valence-electron chi connectivity index (χ2n) is 10.3. The minimum absolute atomic E-state index is 0.139. The van der Waals surface area contributed by atoms with E-state index in [1.165, 1.54) is 38.5 Å². The molecule has 5 aliphatic rings. The maximum absolute atomic E-state index is 12.7. The van der Waals surface area contributed by atoms with Crippen molar-refractivity contribution in [3.8, 4) is 0 Å². The first-order valence-electron chi connectivity index (χ1n) is 11.6. The third kappa shape index (κ3) is 3.49. The second-order valence-corrected chi connectivity index (χ2v) is 10.3. The molecule has 6 rings (SSSR count). The molecule has 1 atom stereocenters. The standard InChI is InChI=1S/C23H34N4O2/c1-15-8-21-26(22(29)5-7-27(21)25-15)6-3-4-20(28)24-16(2)23-12-17-9-18(13-23)11-19(10-17)14-23/h8,16-19H,3-7,9-14H2,1-2H3,(H,24,28). The minimum Gasteiger partial charge on any atom is -0.353 e. The molecule has 6 heteroatoms. The van der Waals surface area contributed by atoms with Crippen LogP contribution in [-0.4, -0.2) is 34.2 Å². The Morgan fingerprint density at radius 2 is 1.90 bits per heavy atom. The van der Waals surface area contributed by atoms with Gasteiger partial charge in [0.05, 0.1) is 12.2 Å². The van der Waals surface area contributed by atoms with Crippen molar-refractivity contribution in [3.05, 3.63) is 11.8 Å². The molecule has 2 amide bonds. The predicted molar refractivity (Wildman–Crippen MR) is 111 cm³/mol. The van der Waals surface area contributed by atoms with Gasteiger partial charge in [-0.25, -0.2) is 4.68 Å². The molecule has 1 N–H and O–H groups in total. The van der Waals surface area contributed by atoms with Crippen LogP contribution in [-0.2, 0) is 16.1 Å². The number of nitrogens with one attached hydrogen (secondary N) is 1. The Kier molecular flexibility index (Phi) is 4.71. The Balaban J connectivity index is 1.15. The number of carbonyl (C=O) groups is 2. The van der Waals surface area contributed by atoms with Gasteiger partial charge in [0.1, 0.15) is 5.82 Å². The molecule has 158 valence electrons. The number of anilines is 1. The van der Waals surface area contributed by atoms with E-state index < -0.39 is 0 Å². The lowest BCUT2D eigenvalue weighted by molar-refractivity contribution is -0.126. The summed E-state index contributed by atoms with van der Waals surface area (Å²) >= 11 is 0. The van der Waals surface area contributed by atoms with Crippen molar-refractivity contribution >= 4 is 17.6 Å². The van der Waals surface area contributed by atoms with Gasteiger partial charge < -0.3 is 5.32 Å². The van der Waals surface area contributed by atoms with E-state index in [1.807, 2.05) is 17.7 Å². The van der Waals surface area contributed by atoms with E-state index in [1.54, 1.807) is 4.90 Å². The van der Waals surface area contributed by atoms with E-state index in [0.29, 0.717) is 37.8 Å². The molecule has 1 aromatic heterocycles. The number of carbonyl (C=O) groups excluding carboxylic acids is 2. The predicted octanol–water partition coefficient (Wildman–Crippen LogP) is 3.43. The zero-order valence-corrected chi connectivity index (χ0v) is 17.8. The highest BCUT2D eigenvalue weighted by Crippen LogP contribution is 2.61. The Morgan fingerprint density at radius 3 is 2.55 bits per heavy atom. The highest BCUT2D eigenvalue weighted by molar-refractivity contribution is 5.93. The molecule has 6 nitrogen and oxygen atoms in total. The van der Waals surface area contributed by atoms with Crippen molar-refractivity contribution < 1.29 is 9.59 Å². The fraction of sp³-hybridized carbons (Fsp3) is 0.783. The molecule has 0 spiro atoms.